The number of hydrogen-bond acceptors (Lipinski definition) is 8. The van der Waals surface area contributed by atoms with Crippen LogP contribution in [0.25, 0.3) is 11.2 Å². The quantitative estimate of drug-likeness (QED) is 0.258. The van der Waals surface area contributed by atoms with Gasteiger partial charge in [-0.05, 0) is 37.7 Å². The summed E-state index contributed by atoms with van der Waals surface area (Å²) < 4.78 is 93.3. The van der Waals surface area contributed by atoms with Crippen molar-refractivity contribution in [2.45, 2.75) is 77.1 Å². The van der Waals surface area contributed by atoms with E-state index in [9.17, 15) is 40.7 Å². The predicted molar refractivity (Wildman–Crippen MR) is 140 cm³/mol. The smallest absolute Gasteiger partial charge is 0.424 e. The fraction of sp³-hybridized carbons (Fsp3) is 0.692. The molecule has 0 amide bonds. The van der Waals surface area contributed by atoms with Crippen molar-refractivity contribution in [2.24, 2.45) is 5.92 Å². The maximum atomic E-state index is 14.4. The molecule has 43 heavy (non-hydrogen) atoms. The largest absolute Gasteiger partial charge is 0.491 e. The molecule has 2 aliphatic heterocycles. The average Bonchev–Trinajstić information content (AvgIpc) is 3.65. The van der Waals surface area contributed by atoms with Gasteiger partial charge in [-0.2, -0.15) is 31.3 Å². The number of carbonyl (C=O) groups excluding carboxylic acids is 1. The number of ether oxygens (including phenoxy) is 2. The highest BCUT2D eigenvalue weighted by molar-refractivity contribution is 5.77. The molecule has 0 saturated heterocycles. The molecule has 238 valence electrons. The van der Waals surface area contributed by atoms with Crippen molar-refractivity contribution in [1.29, 1.82) is 0 Å². The Morgan fingerprint density at radius 3 is 2.44 bits per heavy atom. The Hall–Kier alpha value is -3.34. The Bertz CT molecular complexity index is 1520. The Morgan fingerprint density at radius 1 is 1.07 bits per heavy atom. The molecular formula is C26H32F6N6O5. The second kappa shape index (κ2) is 12.0. The van der Waals surface area contributed by atoms with Crippen LogP contribution in [0.5, 0.6) is 0 Å². The van der Waals surface area contributed by atoms with Gasteiger partial charge < -0.3 is 24.3 Å². The Labute approximate surface area is 241 Å². The van der Waals surface area contributed by atoms with Gasteiger partial charge in [0.25, 0.3) is 11.8 Å². The van der Waals surface area contributed by atoms with E-state index in [2.05, 4.69) is 15.0 Å². The van der Waals surface area contributed by atoms with Crippen LogP contribution >= 0.6 is 0 Å². The minimum absolute atomic E-state index is 0.0424. The molecule has 11 nitrogen and oxygen atoms in total. The summed E-state index contributed by atoms with van der Waals surface area (Å²) in [7, 11) is 0. The van der Waals surface area contributed by atoms with Crippen LogP contribution in [-0.4, -0.2) is 69.9 Å². The van der Waals surface area contributed by atoms with E-state index in [1.165, 1.54) is 4.57 Å². The van der Waals surface area contributed by atoms with Gasteiger partial charge in [0.1, 0.15) is 0 Å². The first kappa shape index (κ1) is 31.1. The molecule has 0 spiro atoms. The van der Waals surface area contributed by atoms with Crippen molar-refractivity contribution in [3.63, 3.8) is 0 Å². The van der Waals surface area contributed by atoms with Gasteiger partial charge in [0.15, 0.2) is 11.2 Å². The number of halogens is 6. The van der Waals surface area contributed by atoms with Crippen LogP contribution in [0.1, 0.15) is 51.7 Å². The molecule has 4 heterocycles. The van der Waals surface area contributed by atoms with Crippen LogP contribution in [0.3, 0.4) is 0 Å². The van der Waals surface area contributed by atoms with Crippen molar-refractivity contribution in [3.8, 4) is 0 Å². The van der Waals surface area contributed by atoms with Crippen LogP contribution in [-0.2, 0) is 27.4 Å². The minimum Gasteiger partial charge on any atom is -0.424 e. The zero-order valence-corrected chi connectivity index (χ0v) is 23.4. The monoisotopic (exact) mass is 622 g/mol. The number of nitrogens with zero attached hydrogens (tertiary/aromatic N) is 5. The van der Waals surface area contributed by atoms with Crippen molar-refractivity contribution in [2.75, 3.05) is 37.7 Å². The molecule has 2 aromatic heterocycles. The standard InChI is InChI=1S/C26H32F6N6O5/c1-2-42-11-10-36-20(39)18-19(38(24(36)41)21(25(27,28)29)43-22(40)26(30,31)32)34-23(35-9-8-16-12-33-13-17(16)35)37(18)14-15-6-4-3-5-7-15/h15,21,33H,2-14H2,1H3. The van der Waals surface area contributed by atoms with Gasteiger partial charge in [-0.3, -0.25) is 9.36 Å². The summed E-state index contributed by atoms with van der Waals surface area (Å²) in [6.07, 6.45) is -10.1. The molecule has 1 fully saturated rings. The van der Waals surface area contributed by atoms with Crippen LogP contribution in [0.15, 0.2) is 20.9 Å². The van der Waals surface area contributed by atoms with Gasteiger partial charge in [0.2, 0.25) is 5.95 Å². The number of esters is 1. The molecular weight excluding hydrogens is 590 g/mol. The van der Waals surface area contributed by atoms with Gasteiger partial charge in [0.05, 0.1) is 13.2 Å². The minimum atomic E-state index is -5.78. The third-order valence-corrected chi connectivity index (χ3v) is 8.08. The summed E-state index contributed by atoms with van der Waals surface area (Å²) in [5, 5.41) is 3.20. The first-order valence-corrected chi connectivity index (χ1v) is 14.2. The summed E-state index contributed by atoms with van der Waals surface area (Å²) in [5.41, 5.74) is -1.91. The average molecular weight is 623 g/mol. The highest BCUT2D eigenvalue weighted by Gasteiger charge is 2.52. The molecule has 0 radical (unpaired) electrons. The lowest BCUT2D eigenvalue weighted by Crippen LogP contribution is -2.47. The molecule has 0 bridgehead atoms. The molecule has 1 aliphatic carbocycles. The predicted octanol–water partition coefficient (Wildman–Crippen LogP) is 3.21. The van der Waals surface area contributed by atoms with E-state index < -0.39 is 53.5 Å². The summed E-state index contributed by atoms with van der Waals surface area (Å²) in [5.74, 6) is -3.00. The van der Waals surface area contributed by atoms with E-state index in [-0.39, 0.29) is 36.2 Å². The van der Waals surface area contributed by atoms with Crippen molar-refractivity contribution < 1.29 is 40.6 Å². The zero-order chi connectivity index (χ0) is 31.1. The maximum Gasteiger partial charge on any atom is 0.491 e. The zero-order valence-electron chi connectivity index (χ0n) is 23.4. The molecule has 1 N–H and O–H groups in total. The third kappa shape index (κ3) is 6.05. The number of carbonyl (C=O) groups is 1. The molecule has 17 heteroatoms. The highest BCUT2D eigenvalue weighted by atomic mass is 19.4. The van der Waals surface area contributed by atoms with Crippen LogP contribution in [0.2, 0.25) is 0 Å². The third-order valence-electron chi connectivity index (χ3n) is 8.08. The fourth-order valence-corrected chi connectivity index (χ4v) is 6.07. The molecule has 5 rings (SSSR count). The lowest BCUT2D eigenvalue weighted by molar-refractivity contribution is -0.264. The Kier molecular flexibility index (Phi) is 8.66. The van der Waals surface area contributed by atoms with E-state index in [4.69, 9.17) is 4.74 Å². The SMILES string of the molecule is CCOCCn1c(=O)c2c(nc(N3CCC4=C3CNC4)n2CC2CCCCC2)n(C(OC(=O)C(F)(F)F)C(F)(F)F)c1=O. The van der Waals surface area contributed by atoms with Crippen molar-refractivity contribution in [1.82, 2.24) is 24.0 Å². The van der Waals surface area contributed by atoms with Gasteiger partial charge in [-0.25, -0.2) is 14.2 Å². The highest BCUT2D eigenvalue weighted by Crippen LogP contribution is 2.37. The molecule has 1 unspecified atom stereocenters. The molecule has 2 aromatic rings. The van der Waals surface area contributed by atoms with Crippen molar-refractivity contribution in [3.05, 3.63) is 32.1 Å². The number of nitrogens with one attached hydrogen (secondary N) is 1. The molecule has 1 saturated carbocycles. The number of hydrogen-bond donors (Lipinski definition) is 1. The first-order valence-electron chi connectivity index (χ1n) is 14.2. The number of imidazole rings is 1. The summed E-state index contributed by atoms with van der Waals surface area (Å²) in [6.45, 7) is 2.71. The summed E-state index contributed by atoms with van der Waals surface area (Å²) in [4.78, 5) is 45.2. The molecule has 0 aromatic carbocycles. The van der Waals surface area contributed by atoms with Crippen molar-refractivity contribution >= 4 is 23.1 Å². The first-order chi connectivity index (χ1) is 20.3. The van der Waals surface area contributed by atoms with Gasteiger partial charge in [-0.1, -0.05) is 19.3 Å². The van der Waals surface area contributed by atoms with Gasteiger partial charge in [-0.15, -0.1) is 0 Å². The van der Waals surface area contributed by atoms with Gasteiger partial charge >= 0.3 is 24.0 Å². The Balaban J connectivity index is 1.79. The molecule has 1 atom stereocenters. The second-order valence-electron chi connectivity index (χ2n) is 10.9. The van der Waals surface area contributed by atoms with Crippen LogP contribution in [0.4, 0.5) is 32.3 Å². The lowest BCUT2D eigenvalue weighted by Gasteiger charge is -2.26. The van der Waals surface area contributed by atoms with Crippen LogP contribution < -0.4 is 21.5 Å². The van der Waals surface area contributed by atoms with E-state index in [0.717, 1.165) is 43.4 Å². The molecule has 3 aliphatic rings. The summed E-state index contributed by atoms with van der Waals surface area (Å²) >= 11 is 0. The Morgan fingerprint density at radius 2 is 1.79 bits per heavy atom. The number of rotatable bonds is 9. The van der Waals surface area contributed by atoms with E-state index in [0.29, 0.717) is 30.6 Å². The number of alkyl halides is 6. The summed E-state index contributed by atoms with van der Waals surface area (Å²) in [6, 6.07) is 0. The lowest BCUT2D eigenvalue weighted by atomic mass is 9.89. The topological polar surface area (TPSA) is 113 Å². The number of aromatic nitrogens is 4. The number of anilines is 1. The maximum absolute atomic E-state index is 14.4. The van der Waals surface area contributed by atoms with E-state index in [1.54, 1.807) is 11.8 Å². The fourth-order valence-electron chi connectivity index (χ4n) is 6.07. The van der Waals surface area contributed by atoms with E-state index in [1.807, 2.05) is 0 Å². The van der Waals surface area contributed by atoms with Gasteiger partial charge in [0, 0.05) is 38.5 Å². The normalized spacial score (nSPS) is 19.0. The second-order valence-corrected chi connectivity index (χ2v) is 10.9. The number of fused-ring (bicyclic) bond motifs is 1. The van der Waals surface area contributed by atoms with E-state index >= 15 is 0 Å². The van der Waals surface area contributed by atoms with Crippen LogP contribution in [0, 0.1) is 5.92 Å².